The van der Waals surface area contributed by atoms with E-state index in [1.54, 1.807) is 24.3 Å². The van der Waals surface area contributed by atoms with Crippen LogP contribution in [0.5, 0.6) is 0 Å². The first-order valence-corrected chi connectivity index (χ1v) is 12.2. The average molecular weight is 485 g/mol. The summed E-state index contributed by atoms with van der Waals surface area (Å²) in [7, 11) is -3.29. The molecule has 3 rings (SSSR count). The lowest BCUT2D eigenvalue weighted by Crippen LogP contribution is -2.40. The highest BCUT2D eigenvalue weighted by Crippen LogP contribution is 2.22. The standard InChI is InChI=1S/C21H23ClF2N4O3S/c1-32(30,31)28-16-8-6-15(7-9-16)25-21(26-17-4-2-3-14(22)12-17)27-20(29)13-5-10-18(23)19(24)11-13/h2-5,10-12,15-16,28H,6-9H2,1H3,(H2,25,26,27,29). The van der Waals surface area contributed by atoms with Gasteiger partial charge in [0.25, 0.3) is 5.91 Å². The Bertz CT molecular complexity index is 1120. The smallest absolute Gasteiger partial charge is 0.258 e. The molecule has 0 unspecified atom stereocenters. The SMILES string of the molecule is CS(=O)(=O)NC1CCC(N=C(NC(=O)c2ccc(F)c(F)c2)Nc2cccc(Cl)c2)CC1. The number of nitrogens with zero attached hydrogens (tertiary/aromatic N) is 1. The number of hydrogen-bond donors (Lipinski definition) is 3. The second kappa shape index (κ2) is 10.4. The third-order valence-electron chi connectivity index (χ3n) is 4.89. The Morgan fingerprint density at radius 2 is 1.78 bits per heavy atom. The number of carbonyl (C=O) groups is 1. The number of benzene rings is 2. The zero-order chi connectivity index (χ0) is 23.3. The number of guanidine groups is 1. The van der Waals surface area contributed by atoms with Gasteiger partial charge in [-0.25, -0.2) is 26.9 Å². The van der Waals surface area contributed by atoms with Crippen molar-refractivity contribution in [1.29, 1.82) is 0 Å². The summed E-state index contributed by atoms with van der Waals surface area (Å²) in [6.45, 7) is 0. The molecule has 2 aromatic carbocycles. The summed E-state index contributed by atoms with van der Waals surface area (Å²) in [4.78, 5) is 17.2. The van der Waals surface area contributed by atoms with E-state index in [4.69, 9.17) is 11.6 Å². The molecule has 32 heavy (non-hydrogen) atoms. The Kier molecular flexibility index (Phi) is 7.81. The van der Waals surface area contributed by atoms with Gasteiger partial charge in [0.2, 0.25) is 16.0 Å². The lowest BCUT2D eigenvalue weighted by molar-refractivity contribution is 0.0976. The normalized spacial score (nSPS) is 19.4. The number of anilines is 1. The van der Waals surface area contributed by atoms with E-state index in [0.29, 0.717) is 36.4 Å². The minimum Gasteiger partial charge on any atom is -0.326 e. The van der Waals surface area contributed by atoms with Gasteiger partial charge in [0.15, 0.2) is 11.6 Å². The molecule has 0 atom stereocenters. The molecule has 0 radical (unpaired) electrons. The average Bonchev–Trinajstić information content (AvgIpc) is 2.70. The first kappa shape index (κ1) is 24.1. The second-order valence-corrected chi connectivity index (χ2v) is 9.81. The second-order valence-electron chi connectivity index (χ2n) is 7.59. The topological polar surface area (TPSA) is 99.7 Å². The number of nitrogens with one attached hydrogen (secondary N) is 3. The summed E-state index contributed by atoms with van der Waals surface area (Å²) in [6.07, 6.45) is 3.54. The minimum atomic E-state index is -3.29. The third-order valence-corrected chi connectivity index (χ3v) is 5.89. The number of carbonyl (C=O) groups excluding carboxylic acids is 1. The summed E-state index contributed by atoms with van der Waals surface area (Å²) in [5, 5.41) is 6.08. The van der Waals surface area contributed by atoms with E-state index in [1.807, 2.05) is 0 Å². The zero-order valence-electron chi connectivity index (χ0n) is 17.2. The highest BCUT2D eigenvalue weighted by Gasteiger charge is 2.24. The Balaban J connectivity index is 1.76. The van der Waals surface area contributed by atoms with Crippen LogP contribution in [0.3, 0.4) is 0 Å². The van der Waals surface area contributed by atoms with Crippen LogP contribution in [0.4, 0.5) is 14.5 Å². The largest absolute Gasteiger partial charge is 0.326 e. The molecule has 1 aliphatic carbocycles. The van der Waals surface area contributed by atoms with Crippen LogP contribution in [0.2, 0.25) is 5.02 Å². The lowest BCUT2D eigenvalue weighted by Gasteiger charge is -2.27. The summed E-state index contributed by atoms with van der Waals surface area (Å²) in [5.74, 6) is -2.71. The molecule has 2 aromatic rings. The monoisotopic (exact) mass is 484 g/mol. The summed E-state index contributed by atoms with van der Waals surface area (Å²) in [5.41, 5.74) is 0.514. The van der Waals surface area contributed by atoms with Gasteiger partial charge in [-0.2, -0.15) is 0 Å². The Morgan fingerprint density at radius 3 is 2.41 bits per heavy atom. The van der Waals surface area contributed by atoms with Crippen LogP contribution in [-0.4, -0.2) is 38.6 Å². The summed E-state index contributed by atoms with van der Waals surface area (Å²) in [6, 6.07) is 9.34. The van der Waals surface area contributed by atoms with Gasteiger partial charge < -0.3 is 5.32 Å². The van der Waals surface area contributed by atoms with Crippen LogP contribution >= 0.6 is 11.6 Å². The molecule has 0 saturated heterocycles. The molecule has 3 N–H and O–H groups in total. The molecule has 0 heterocycles. The Morgan fingerprint density at radius 1 is 1.06 bits per heavy atom. The van der Waals surface area contributed by atoms with Crippen molar-refractivity contribution >= 4 is 39.2 Å². The number of amides is 1. The van der Waals surface area contributed by atoms with Gasteiger partial charge in [-0.15, -0.1) is 0 Å². The van der Waals surface area contributed by atoms with E-state index in [-0.39, 0.29) is 23.6 Å². The molecule has 0 bridgehead atoms. The quantitative estimate of drug-likeness (QED) is 0.445. The van der Waals surface area contributed by atoms with Crippen LogP contribution in [0.25, 0.3) is 0 Å². The van der Waals surface area contributed by atoms with E-state index in [9.17, 15) is 22.0 Å². The number of rotatable bonds is 5. The van der Waals surface area contributed by atoms with Gasteiger partial charge in [0.1, 0.15) is 0 Å². The maximum Gasteiger partial charge on any atom is 0.258 e. The van der Waals surface area contributed by atoms with Crippen LogP contribution < -0.4 is 15.4 Å². The van der Waals surface area contributed by atoms with Gasteiger partial charge >= 0.3 is 0 Å². The van der Waals surface area contributed by atoms with Crippen LogP contribution in [0.15, 0.2) is 47.5 Å². The fraction of sp³-hybridized carbons (Fsp3) is 0.333. The van der Waals surface area contributed by atoms with E-state index in [2.05, 4.69) is 20.3 Å². The molecule has 1 saturated carbocycles. The number of sulfonamides is 1. The van der Waals surface area contributed by atoms with Gasteiger partial charge in [0.05, 0.1) is 12.3 Å². The van der Waals surface area contributed by atoms with Crippen molar-refractivity contribution in [1.82, 2.24) is 10.0 Å². The van der Waals surface area contributed by atoms with Gasteiger partial charge in [0, 0.05) is 22.3 Å². The van der Waals surface area contributed by atoms with Crippen molar-refractivity contribution in [3.8, 4) is 0 Å². The number of halogens is 3. The van der Waals surface area contributed by atoms with Crippen LogP contribution in [0, 0.1) is 11.6 Å². The van der Waals surface area contributed by atoms with E-state index in [0.717, 1.165) is 18.4 Å². The molecule has 1 amide bonds. The molecule has 1 aliphatic rings. The predicted molar refractivity (Wildman–Crippen MR) is 120 cm³/mol. The van der Waals surface area contributed by atoms with Crippen molar-refractivity contribution in [3.05, 3.63) is 64.7 Å². The van der Waals surface area contributed by atoms with Crippen molar-refractivity contribution < 1.29 is 22.0 Å². The predicted octanol–water partition coefficient (Wildman–Crippen LogP) is 3.68. The fourth-order valence-electron chi connectivity index (χ4n) is 3.42. The fourth-order valence-corrected chi connectivity index (χ4v) is 4.46. The van der Waals surface area contributed by atoms with E-state index in [1.165, 1.54) is 6.07 Å². The zero-order valence-corrected chi connectivity index (χ0v) is 18.8. The summed E-state index contributed by atoms with van der Waals surface area (Å²) >= 11 is 6.02. The molecule has 0 aromatic heterocycles. The lowest BCUT2D eigenvalue weighted by atomic mass is 9.92. The van der Waals surface area contributed by atoms with Crippen LogP contribution in [-0.2, 0) is 10.0 Å². The molecule has 0 spiro atoms. The van der Waals surface area contributed by atoms with Gasteiger partial charge in [-0.05, 0) is 62.1 Å². The van der Waals surface area contributed by atoms with Gasteiger partial charge in [-0.1, -0.05) is 17.7 Å². The van der Waals surface area contributed by atoms with E-state index >= 15 is 0 Å². The molecule has 11 heteroatoms. The van der Waals surface area contributed by atoms with Gasteiger partial charge in [-0.3, -0.25) is 10.1 Å². The van der Waals surface area contributed by atoms with E-state index < -0.39 is 27.6 Å². The Labute approximate surface area is 190 Å². The maximum atomic E-state index is 13.5. The molecule has 1 fully saturated rings. The highest BCUT2D eigenvalue weighted by molar-refractivity contribution is 7.88. The van der Waals surface area contributed by atoms with Crippen LogP contribution in [0.1, 0.15) is 36.0 Å². The number of hydrogen-bond acceptors (Lipinski definition) is 4. The number of aliphatic imine (C=N–C) groups is 1. The molecule has 172 valence electrons. The minimum absolute atomic E-state index is 0.0643. The third kappa shape index (κ3) is 7.25. The molecule has 0 aliphatic heterocycles. The van der Waals surface area contributed by atoms with Crippen molar-refractivity contribution in [2.24, 2.45) is 4.99 Å². The first-order valence-electron chi connectivity index (χ1n) is 9.93. The maximum absolute atomic E-state index is 13.5. The van der Waals surface area contributed by atoms with Crippen molar-refractivity contribution in [2.45, 2.75) is 37.8 Å². The first-order chi connectivity index (χ1) is 15.1. The molecule has 7 nitrogen and oxygen atoms in total. The molecular weight excluding hydrogens is 462 g/mol. The molecular formula is C21H23ClF2N4O3S. The highest BCUT2D eigenvalue weighted by atomic mass is 35.5. The summed E-state index contributed by atoms with van der Waals surface area (Å²) < 4.78 is 52.2. The Hall–Kier alpha value is -2.56. The van der Waals surface area contributed by atoms with Crippen molar-refractivity contribution in [2.75, 3.05) is 11.6 Å². The van der Waals surface area contributed by atoms with Crippen molar-refractivity contribution in [3.63, 3.8) is 0 Å².